The second-order valence-electron chi connectivity index (χ2n) is 4.89. The van der Waals surface area contributed by atoms with E-state index < -0.39 is 0 Å². The third-order valence-corrected chi connectivity index (χ3v) is 3.38. The lowest BCUT2D eigenvalue weighted by Crippen LogP contribution is -2.34. The largest absolute Gasteiger partial charge is 0.350 e. The number of nitrogens with zero attached hydrogens (tertiary/aromatic N) is 2. The molecular formula is C12H20N2O2. The highest BCUT2D eigenvalue weighted by molar-refractivity contribution is 4.80. The molecule has 0 radical (unpaired) electrons. The number of ether oxygens (including phenoxy) is 2. The zero-order valence-electron chi connectivity index (χ0n) is 9.89. The summed E-state index contributed by atoms with van der Waals surface area (Å²) in [5.41, 5.74) is 0. The van der Waals surface area contributed by atoms with Crippen molar-refractivity contribution >= 4 is 0 Å². The molecule has 90 valence electrons. The van der Waals surface area contributed by atoms with Crippen molar-refractivity contribution in [2.24, 2.45) is 5.92 Å². The molecule has 2 fully saturated rings. The van der Waals surface area contributed by atoms with Crippen molar-refractivity contribution in [1.82, 2.24) is 4.90 Å². The van der Waals surface area contributed by atoms with Crippen LogP contribution in [0.4, 0.5) is 0 Å². The zero-order chi connectivity index (χ0) is 11.4. The Labute approximate surface area is 97.1 Å². The standard InChI is InChI=1S/C12H20N2O2/c1-14-6-2-3-10(8-14)7-12-15-9-11(16-12)4-5-13/h10-12H,2-4,6-9H2,1H3. The molecule has 4 heteroatoms. The maximum absolute atomic E-state index is 8.58. The Bertz CT molecular complexity index is 264. The van der Waals surface area contributed by atoms with Crippen LogP contribution in [0.2, 0.25) is 0 Å². The van der Waals surface area contributed by atoms with E-state index in [0.717, 1.165) is 13.0 Å². The van der Waals surface area contributed by atoms with Gasteiger partial charge < -0.3 is 14.4 Å². The fourth-order valence-electron chi connectivity index (χ4n) is 2.58. The van der Waals surface area contributed by atoms with Crippen molar-refractivity contribution < 1.29 is 9.47 Å². The highest BCUT2D eigenvalue weighted by atomic mass is 16.7. The van der Waals surface area contributed by atoms with E-state index in [1.807, 2.05) is 0 Å². The van der Waals surface area contributed by atoms with E-state index in [-0.39, 0.29) is 12.4 Å². The second kappa shape index (κ2) is 5.62. The first-order valence-corrected chi connectivity index (χ1v) is 6.10. The summed E-state index contributed by atoms with van der Waals surface area (Å²) in [6.45, 7) is 2.94. The van der Waals surface area contributed by atoms with Crippen molar-refractivity contribution in [2.45, 2.75) is 38.1 Å². The Hall–Kier alpha value is -0.630. The van der Waals surface area contributed by atoms with Crippen LogP contribution in [-0.4, -0.2) is 44.0 Å². The first kappa shape index (κ1) is 11.8. The van der Waals surface area contributed by atoms with Gasteiger partial charge in [0, 0.05) is 13.0 Å². The van der Waals surface area contributed by atoms with Crippen LogP contribution in [-0.2, 0) is 9.47 Å². The van der Waals surface area contributed by atoms with Crippen LogP contribution in [0.3, 0.4) is 0 Å². The summed E-state index contributed by atoms with van der Waals surface area (Å²) in [6.07, 6.45) is 3.89. The average Bonchev–Trinajstić information content (AvgIpc) is 2.66. The minimum atomic E-state index is -0.0742. The predicted octanol–water partition coefficient (Wildman–Crippen LogP) is 1.37. The summed E-state index contributed by atoms with van der Waals surface area (Å²) in [7, 11) is 2.17. The number of likely N-dealkylation sites (tertiary alicyclic amines) is 1. The quantitative estimate of drug-likeness (QED) is 0.726. The average molecular weight is 224 g/mol. The minimum absolute atomic E-state index is 0.00341. The van der Waals surface area contributed by atoms with Gasteiger partial charge >= 0.3 is 0 Å². The SMILES string of the molecule is CN1CCCC(CC2OCC(CC#N)O2)C1. The lowest BCUT2D eigenvalue weighted by atomic mass is 9.95. The maximum atomic E-state index is 8.58. The van der Waals surface area contributed by atoms with Crippen LogP contribution < -0.4 is 0 Å². The Kier molecular flexibility index (Phi) is 4.16. The molecule has 2 aliphatic heterocycles. The second-order valence-corrected chi connectivity index (χ2v) is 4.89. The van der Waals surface area contributed by atoms with Gasteiger partial charge in [-0.25, -0.2) is 0 Å². The van der Waals surface area contributed by atoms with Gasteiger partial charge in [-0.3, -0.25) is 0 Å². The summed E-state index contributed by atoms with van der Waals surface area (Å²) >= 11 is 0. The van der Waals surface area contributed by atoms with Crippen LogP contribution in [0.1, 0.15) is 25.7 Å². The third kappa shape index (κ3) is 3.18. The van der Waals surface area contributed by atoms with Crippen molar-refractivity contribution in [3.05, 3.63) is 0 Å². The Balaban J connectivity index is 1.72. The summed E-state index contributed by atoms with van der Waals surface area (Å²) in [6, 6.07) is 2.13. The van der Waals surface area contributed by atoms with Crippen LogP contribution in [0.5, 0.6) is 0 Å². The fraction of sp³-hybridized carbons (Fsp3) is 0.917. The fourth-order valence-corrected chi connectivity index (χ4v) is 2.58. The van der Waals surface area contributed by atoms with E-state index in [4.69, 9.17) is 14.7 Å². The Morgan fingerprint density at radius 3 is 3.12 bits per heavy atom. The van der Waals surface area contributed by atoms with Gasteiger partial charge in [-0.05, 0) is 32.4 Å². The van der Waals surface area contributed by atoms with E-state index in [1.54, 1.807) is 0 Å². The molecule has 0 aromatic heterocycles. The van der Waals surface area contributed by atoms with Gasteiger partial charge in [0.05, 0.1) is 25.2 Å². The van der Waals surface area contributed by atoms with E-state index in [2.05, 4.69) is 18.0 Å². The van der Waals surface area contributed by atoms with E-state index in [0.29, 0.717) is 18.9 Å². The summed E-state index contributed by atoms with van der Waals surface area (Å²) in [4.78, 5) is 2.37. The van der Waals surface area contributed by atoms with Gasteiger partial charge in [0.1, 0.15) is 0 Å². The molecule has 3 unspecified atom stereocenters. The van der Waals surface area contributed by atoms with Crippen molar-refractivity contribution in [1.29, 1.82) is 5.26 Å². The van der Waals surface area contributed by atoms with Gasteiger partial charge in [-0.15, -0.1) is 0 Å². The number of hydrogen-bond acceptors (Lipinski definition) is 4. The summed E-state index contributed by atoms with van der Waals surface area (Å²) in [5.74, 6) is 0.685. The number of nitriles is 1. The normalized spacial score (nSPS) is 36.1. The van der Waals surface area contributed by atoms with Crippen molar-refractivity contribution in [3.63, 3.8) is 0 Å². The van der Waals surface area contributed by atoms with Gasteiger partial charge in [0.2, 0.25) is 0 Å². The van der Waals surface area contributed by atoms with Crippen molar-refractivity contribution in [2.75, 3.05) is 26.7 Å². The molecule has 2 saturated heterocycles. The molecule has 3 atom stereocenters. The summed E-state index contributed by atoms with van der Waals surface area (Å²) in [5, 5.41) is 8.58. The van der Waals surface area contributed by atoms with Crippen LogP contribution >= 0.6 is 0 Å². The third-order valence-electron chi connectivity index (χ3n) is 3.38. The number of piperidine rings is 1. The lowest BCUT2D eigenvalue weighted by molar-refractivity contribution is -0.0749. The number of rotatable bonds is 3. The molecule has 0 saturated carbocycles. The molecule has 0 amide bonds. The molecule has 16 heavy (non-hydrogen) atoms. The molecule has 0 aromatic carbocycles. The predicted molar refractivity (Wildman–Crippen MR) is 59.7 cm³/mol. The van der Waals surface area contributed by atoms with E-state index >= 15 is 0 Å². The molecule has 4 nitrogen and oxygen atoms in total. The molecule has 0 N–H and O–H groups in total. The smallest absolute Gasteiger partial charge is 0.158 e. The molecule has 0 bridgehead atoms. The van der Waals surface area contributed by atoms with Crippen LogP contribution in [0, 0.1) is 17.2 Å². The molecule has 0 aromatic rings. The van der Waals surface area contributed by atoms with Gasteiger partial charge in [-0.2, -0.15) is 5.26 Å². The first-order chi connectivity index (χ1) is 7.78. The number of hydrogen-bond donors (Lipinski definition) is 0. The first-order valence-electron chi connectivity index (χ1n) is 6.10. The highest BCUT2D eigenvalue weighted by Crippen LogP contribution is 2.25. The highest BCUT2D eigenvalue weighted by Gasteiger charge is 2.29. The summed E-state index contributed by atoms with van der Waals surface area (Å²) < 4.78 is 11.2. The monoisotopic (exact) mass is 224 g/mol. The Morgan fingerprint density at radius 1 is 1.50 bits per heavy atom. The van der Waals surface area contributed by atoms with Gasteiger partial charge in [-0.1, -0.05) is 0 Å². The van der Waals surface area contributed by atoms with Crippen LogP contribution in [0.15, 0.2) is 0 Å². The molecule has 0 spiro atoms. The molecule has 2 heterocycles. The topological polar surface area (TPSA) is 45.5 Å². The lowest BCUT2D eigenvalue weighted by Gasteiger charge is -2.30. The van der Waals surface area contributed by atoms with E-state index in [1.165, 1.54) is 19.4 Å². The zero-order valence-corrected chi connectivity index (χ0v) is 9.89. The van der Waals surface area contributed by atoms with Crippen molar-refractivity contribution in [3.8, 4) is 6.07 Å². The van der Waals surface area contributed by atoms with Crippen LogP contribution in [0.25, 0.3) is 0 Å². The molecule has 0 aliphatic carbocycles. The molecular weight excluding hydrogens is 204 g/mol. The maximum Gasteiger partial charge on any atom is 0.158 e. The molecule has 2 rings (SSSR count). The molecule has 2 aliphatic rings. The van der Waals surface area contributed by atoms with Gasteiger partial charge in [0.15, 0.2) is 6.29 Å². The van der Waals surface area contributed by atoms with Gasteiger partial charge in [0.25, 0.3) is 0 Å². The Morgan fingerprint density at radius 2 is 2.38 bits per heavy atom. The minimum Gasteiger partial charge on any atom is -0.350 e. The van der Waals surface area contributed by atoms with E-state index in [9.17, 15) is 0 Å².